The zero-order valence-electron chi connectivity index (χ0n) is 13.1. The SMILES string of the molecule is C=CC1CCC(c2ccc3cc(CCC)ccc3c2)CC1. The summed E-state index contributed by atoms with van der Waals surface area (Å²) in [5.74, 6) is 1.50. The van der Waals surface area contributed by atoms with Gasteiger partial charge in [0.05, 0.1) is 0 Å². The first-order chi connectivity index (χ1) is 10.3. The van der Waals surface area contributed by atoms with Gasteiger partial charge in [0.1, 0.15) is 0 Å². The van der Waals surface area contributed by atoms with Crippen LogP contribution in [0.4, 0.5) is 0 Å². The fourth-order valence-corrected chi connectivity index (χ4v) is 3.70. The standard InChI is InChI=1S/C21H26/c1-3-5-17-8-11-21-15-20(13-12-19(21)14-17)18-9-6-16(4-2)7-10-18/h4,8,11-16,18H,2-3,5-7,9-10H2,1H3. The van der Waals surface area contributed by atoms with Gasteiger partial charge < -0.3 is 0 Å². The minimum atomic E-state index is 0.748. The number of hydrogen-bond donors (Lipinski definition) is 0. The van der Waals surface area contributed by atoms with Crippen molar-refractivity contribution in [3.8, 4) is 0 Å². The van der Waals surface area contributed by atoms with Crippen molar-refractivity contribution in [2.24, 2.45) is 5.92 Å². The van der Waals surface area contributed by atoms with Crippen LogP contribution in [0.1, 0.15) is 56.1 Å². The third-order valence-corrected chi connectivity index (χ3v) is 5.04. The summed E-state index contributed by atoms with van der Waals surface area (Å²) >= 11 is 0. The highest BCUT2D eigenvalue weighted by Crippen LogP contribution is 2.37. The molecule has 0 aliphatic heterocycles. The van der Waals surface area contributed by atoms with Crippen LogP contribution in [-0.4, -0.2) is 0 Å². The van der Waals surface area contributed by atoms with Gasteiger partial charge in [0, 0.05) is 0 Å². The molecule has 1 aliphatic carbocycles. The van der Waals surface area contributed by atoms with E-state index in [1.54, 1.807) is 0 Å². The molecule has 0 spiro atoms. The number of hydrogen-bond acceptors (Lipinski definition) is 0. The summed E-state index contributed by atoms with van der Waals surface area (Å²) in [5.41, 5.74) is 3.00. The monoisotopic (exact) mass is 278 g/mol. The second-order valence-electron chi connectivity index (χ2n) is 6.54. The lowest BCUT2D eigenvalue weighted by Gasteiger charge is -2.27. The lowest BCUT2D eigenvalue weighted by Crippen LogP contribution is -2.11. The van der Waals surface area contributed by atoms with Crippen LogP contribution in [0, 0.1) is 5.92 Å². The van der Waals surface area contributed by atoms with Crippen molar-refractivity contribution in [2.45, 2.75) is 51.4 Å². The second kappa shape index (κ2) is 6.47. The lowest BCUT2D eigenvalue weighted by molar-refractivity contribution is 0.376. The molecule has 0 amide bonds. The zero-order chi connectivity index (χ0) is 14.7. The Morgan fingerprint density at radius 1 is 1.00 bits per heavy atom. The minimum absolute atomic E-state index is 0.748. The van der Waals surface area contributed by atoms with Gasteiger partial charge in [-0.3, -0.25) is 0 Å². The summed E-state index contributed by atoms with van der Waals surface area (Å²) in [6.45, 7) is 6.19. The van der Waals surface area contributed by atoms with Crippen molar-refractivity contribution in [1.29, 1.82) is 0 Å². The highest BCUT2D eigenvalue weighted by Gasteiger charge is 2.20. The van der Waals surface area contributed by atoms with Crippen LogP contribution in [0.15, 0.2) is 49.1 Å². The minimum Gasteiger partial charge on any atom is -0.103 e. The van der Waals surface area contributed by atoms with Crippen molar-refractivity contribution in [3.63, 3.8) is 0 Å². The van der Waals surface area contributed by atoms with Crippen LogP contribution < -0.4 is 0 Å². The molecule has 1 fully saturated rings. The topological polar surface area (TPSA) is 0 Å². The Balaban J connectivity index is 1.81. The molecule has 0 nitrogen and oxygen atoms in total. The highest BCUT2D eigenvalue weighted by molar-refractivity contribution is 5.84. The first-order valence-corrected chi connectivity index (χ1v) is 8.45. The Labute approximate surface area is 128 Å². The van der Waals surface area contributed by atoms with Crippen LogP contribution in [0.25, 0.3) is 10.8 Å². The van der Waals surface area contributed by atoms with E-state index in [9.17, 15) is 0 Å². The largest absolute Gasteiger partial charge is 0.103 e. The number of aryl methyl sites for hydroxylation is 1. The van der Waals surface area contributed by atoms with E-state index in [1.165, 1.54) is 60.4 Å². The van der Waals surface area contributed by atoms with Gasteiger partial charge in [0.15, 0.2) is 0 Å². The first kappa shape index (κ1) is 14.4. The quantitative estimate of drug-likeness (QED) is 0.580. The third-order valence-electron chi connectivity index (χ3n) is 5.04. The Bertz CT molecular complexity index is 615. The van der Waals surface area contributed by atoms with E-state index < -0.39 is 0 Å². The summed E-state index contributed by atoms with van der Waals surface area (Å²) in [6, 6.07) is 14.1. The van der Waals surface area contributed by atoms with Gasteiger partial charge in [-0.25, -0.2) is 0 Å². The van der Waals surface area contributed by atoms with Gasteiger partial charge in [-0.2, -0.15) is 0 Å². The molecular weight excluding hydrogens is 252 g/mol. The molecule has 3 rings (SSSR count). The van der Waals surface area contributed by atoms with E-state index in [-0.39, 0.29) is 0 Å². The summed E-state index contributed by atoms with van der Waals surface area (Å²) in [6.07, 6.45) is 9.79. The molecule has 1 aliphatic rings. The summed E-state index contributed by atoms with van der Waals surface area (Å²) in [7, 11) is 0. The second-order valence-corrected chi connectivity index (χ2v) is 6.54. The predicted octanol–water partition coefficient (Wildman–Crippen LogP) is 6.25. The first-order valence-electron chi connectivity index (χ1n) is 8.45. The molecule has 1 saturated carbocycles. The van der Waals surface area contributed by atoms with Crippen molar-refractivity contribution in [3.05, 3.63) is 60.2 Å². The molecule has 0 unspecified atom stereocenters. The lowest BCUT2D eigenvalue weighted by atomic mass is 9.78. The van der Waals surface area contributed by atoms with E-state index in [0.717, 1.165) is 11.8 Å². The van der Waals surface area contributed by atoms with Crippen LogP contribution >= 0.6 is 0 Å². The van der Waals surface area contributed by atoms with Gasteiger partial charge >= 0.3 is 0 Å². The summed E-state index contributed by atoms with van der Waals surface area (Å²) in [4.78, 5) is 0. The number of rotatable bonds is 4. The molecule has 0 heterocycles. The Morgan fingerprint density at radius 3 is 2.43 bits per heavy atom. The molecule has 0 radical (unpaired) electrons. The molecule has 0 atom stereocenters. The Morgan fingerprint density at radius 2 is 1.71 bits per heavy atom. The smallest absolute Gasteiger partial charge is 0.0161 e. The van der Waals surface area contributed by atoms with E-state index in [0.29, 0.717) is 0 Å². The van der Waals surface area contributed by atoms with Gasteiger partial charge in [0.25, 0.3) is 0 Å². The van der Waals surface area contributed by atoms with E-state index >= 15 is 0 Å². The molecule has 0 N–H and O–H groups in total. The maximum Gasteiger partial charge on any atom is -0.0161 e. The summed E-state index contributed by atoms with van der Waals surface area (Å²) < 4.78 is 0. The van der Waals surface area contributed by atoms with Crippen LogP contribution in [0.2, 0.25) is 0 Å². The van der Waals surface area contributed by atoms with E-state index in [4.69, 9.17) is 0 Å². The fourth-order valence-electron chi connectivity index (χ4n) is 3.70. The fraction of sp³-hybridized carbons (Fsp3) is 0.429. The molecule has 0 saturated heterocycles. The van der Waals surface area contributed by atoms with Gasteiger partial charge in [-0.1, -0.05) is 55.8 Å². The average molecular weight is 278 g/mol. The molecule has 0 heteroatoms. The average Bonchev–Trinajstić information content (AvgIpc) is 2.55. The van der Waals surface area contributed by atoms with Gasteiger partial charge in [-0.05, 0) is 65.8 Å². The molecule has 0 aromatic heterocycles. The molecule has 110 valence electrons. The molecule has 2 aromatic carbocycles. The Kier molecular flexibility index (Phi) is 4.43. The van der Waals surface area contributed by atoms with Crippen molar-refractivity contribution in [2.75, 3.05) is 0 Å². The predicted molar refractivity (Wildman–Crippen MR) is 92.8 cm³/mol. The maximum absolute atomic E-state index is 3.95. The van der Waals surface area contributed by atoms with Gasteiger partial charge in [-0.15, -0.1) is 6.58 Å². The van der Waals surface area contributed by atoms with Crippen molar-refractivity contribution < 1.29 is 0 Å². The van der Waals surface area contributed by atoms with Crippen LogP contribution in [0.5, 0.6) is 0 Å². The zero-order valence-corrected chi connectivity index (χ0v) is 13.1. The molecule has 0 bridgehead atoms. The van der Waals surface area contributed by atoms with E-state index in [2.05, 4.69) is 56.0 Å². The van der Waals surface area contributed by atoms with Crippen LogP contribution in [0.3, 0.4) is 0 Å². The number of fused-ring (bicyclic) bond motifs is 1. The molecular formula is C21H26. The number of allylic oxidation sites excluding steroid dienone is 1. The van der Waals surface area contributed by atoms with Crippen molar-refractivity contribution >= 4 is 10.8 Å². The third kappa shape index (κ3) is 3.20. The van der Waals surface area contributed by atoms with Crippen molar-refractivity contribution in [1.82, 2.24) is 0 Å². The molecule has 2 aromatic rings. The maximum atomic E-state index is 3.95. The molecule has 21 heavy (non-hydrogen) atoms. The highest BCUT2D eigenvalue weighted by atomic mass is 14.3. The van der Waals surface area contributed by atoms with Crippen LogP contribution in [-0.2, 0) is 6.42 Å². The van der Waals surface area contributed by atoms with Gasteiger partial charge in [0.2, 0.25) is 0 Å². The number of benzene rings is 2. The summed E-state index contributed by atoms with van der Waals surface area (Å²) in [5, 5.41) is 2.79. The Hall–Kier alpha value is -1.56. The normalized spacial score (nSPS) is 22.3. The van der Waals surface area contributed by atoms with E-state index in [1.807, 2.05) is 0 Å².